The second kappa shape index (κ2) is 3.51. The Morgan fingerprint density at radius 2 is 2.36 bits per heavy atom. The predicted octanol–water partition coefficient (Wildman–Crippen LogP) is 1.26. The van der Waals surface area contributed by atoms with Crippen LogP contribution in [0.2, 0.25) is 5.02 Å². The van der Waals surface area contributed by atoms with E-state index < -0.39 is 0 Å². The molecule has 2 aromatic heterocycles. The molecule has 2 N–H and O–H groups in total. The number of nitrogens with two attached hydrogens (primary N) is 1. The Bertz CT molecular complexity index is 523. The number of pyridine rings is 1. The quantitative estimate of drug-likeness (QED) is 0.635. The van der Waals surface area contributed by atoms with Gasteiger partial charge in [-0.05, 0) is 0 Å². The van der Waals surface area contributed by atoms with Gasteiger partial charge in [0.1, 0.15) is 0 Å². The minimum absolute atomic E-state index is 0.261. The van der Waals surface area contributed by atoms with Crippen LogP contribution in [-0.2, 0) is 0 Å². The Morgan fingerprint density at radius 3 is 3.00 bits per heavy atom. The molecule has 0 unspecified atom stereocenters. The third kappa shape index (κ3) is 1.42. The fraction of sp³-hybridized carbons (Fsp3) is 0. The van der Waals surface area contributed by atoms with Gasteiger partial charge in [0, 0.05) is 0 Å². The summed E-state index contributed by atoms with van der Waals surface area (Å²) in [5.41, 5.74) is 6.89. The molecule has 2 aromatic rings. The van der Waals surface area contributed by atoms with Crippen molar-refractivity contribution >= 4 is 56.1 Å². The Labute approximate surface area is 99.3 Å². The molecule has 0 saturated carbocycles. The third-order valence-electron chi connectivity index (χ3n) is 1.88. The van der Waals surface area contributed by atoms with Gasteiger partial charge < -0.3 is 0 Å². The average Bonchev–Trinajstić information content (AvgIpc) is 2.49. The van der Waals surface area contributed by atoms with Crippen molar-refractivity contribution < 1.29 is 0 Å². The van der Waals surface area contributed by atoms with Crippen molar-refractivity contribution in [3.63, 3.8) is 0 Å². The zero-order valence-corrected chi connectivity index (χ0v) is 10.2. The van der Waals surface area contributed by atoms with Crippen molar-refractivity contribution in [2.75, 3.05) is 0 Å². The number of hydrogen-bond acceptors (Lipinski definition) is 2. The topological polar surface area (TPSA) is 43.8 Å². The molecule has 2 rings (SSSR count). The Balaban J connectivity index is 2.82. The van der Waals surface area contributed by atoms with E-state index in [0.717, 1.165) is 11.0 Å². The van der Waals surface area contributed by atoms with Gasteiger partial charge in [0.2, 0.25) is 0 Å². The van der Waals surface area contributed by atoms with E-state index in [4.69, 9.17) is 29.6 Å². The molecule has 3 nitrogen and oxygen atoms in total. The number of halogens is 1. The summed E-state index contributed by atoms with van der Waals surface area (Å²) >= 11 is 13.8. The van der Waals surface area contributed by atoms with Crippen LogP contribution in [0.5, 0.6) is 0 Å². The van der Waals surface area contributed by atoms with E-state index in [1.54, 1.807) is 9.78 Å². The van der Waals surface area contributed by atoms with E-state index in [-0.39, 0.29) is 4.99 Å². The van der Waals surface area contributed by atoms with Crippen LogP contribution in [0.1, 0.15) is 5.56 Å². The maximum absolute atomic E-state index is 6.12. The number of fused-ring (bicyclic) bond motifs is 1. The summed E-state index contributed by atoms with van der Waals surface area (Å²) in [6, 6.07) is 1.86. The van der Waals surface area contributed by atoms with Gasteiger partial charge in [-0.15, -0.1) is 0 Å². The first-order valence-electron chi connectivity index (χ1n) is 3.74. The second-order valence-corrected chi connectivity index (χ2v) is 4.37. The van der Waals surface area contributed by atoms with Gasteiger partial charge in [0.15, 0.2) is 0 Å². The van der Waals surface area contributed by atoms with Crippen molar-refractivity contribution in [3.8, 4) is 0 Å². The zero-order valence-electron chi connectivity index (χ0n) is 6.90. The number of aromatic nitrogens is 2. The summed E-state index contributed by atoms with van der Waals surface area (Å²) in [6.45, 7) is 0. The first kappa shape index (κ1) is 9.93. The molecule has 0 amide bonds. The summed E-state index contributed by atoms with van der Waals surface area (Å²) in [5.74, 6) is 0. The van der Waals surface area contributed by atoms with Crippen molar-refractivity contribution in [2.24, 2.45) is 5.73 Å². The Hall–Kier alpha value is -0.611. The van der Waals surface area contributed by atoms with Crippen molar-refractivity contribution in [2.45, 2.75) is 0 Å². The Kier molecular flexibility index (Phi) is 2.49. The summed E-state index contributed by atoms with van der Waals surface area (Å²) in [7, 11) is 0. The minimum atomic E-state index is 0.261. The van der Waals surface area contributed by atoms with Crippen LogP contribution in [0, 0.1) is 0 Å². The number of rotatable bonds is 1. The van der Waals surface area contributed by atoms with E-state index >= 15 is 0 Å². The molecule has 6 heteroatoms. The molecule has 0 atom stereocenters. The second-order valence-electron chi connectivity index (χ2n) is 2.73. The van der Waals surface area contributed by atoms with Crippen LogP contribution in [0.4, 0.5) is 0 Å². The van der Waals surface area contributed by atoms with E-state index in [9.17, 15) is 0 Å². The number of thiocarbonyl (C=S) groups is 1. The van der Waals surface area contributed by atoms with Gasteiger partial charge in [-0.2, -0.15) is 0 Å². The van der Waals surface area contributed by atoms with Gasteiger partial charge in [0.25, 0.3) is 0 Å². The molecule has 0 aliphatic rings. The SMILES string of the molecule is NC(=S)c1cnc2c(ccn2[Se])c1Cl. The average molecular weight is 290 g/mol. The first-order chi connectivity index (χ1) is 6.61. The van der Waals surface area contributed by atoms with E-state index in [0.29, 0.717) is 10.6 Å². The number of hydrogen-bond donors (Lipinski definition) is 1. The van der Waals surface area contributed by atoms with Crippen LogP contribution >= 0.6 is 23.8 Å². The van der Waals surface area contributed by atoms with E-state index in [1.807, 2.05) is 12.3 Å². The molecule has 0 aliphatic heterocycles. The molecular formula is C8H5ClN3SSe. The van der Waals surface area contributed by atoms with Gasteiger partial charge >= 0.3 is 99.4 Å². The van der Waals surface area contributed by atoms with Gasteiger partial charge in [-0.25, -0.2) is 0 Å². The molecule has 71 valence electrons. The summed E-state index contributed by atoms with van der Waals surface area (Å²) in [6.07, 6.45) is 3.42. The molecule has 0 aliphatic carbocycles. The van der Waals surface area contributed by atoms with Crippen molar-refractivity contribution in [1.29, 1.82) is 0 Å². The molecule has 2 heterocycles. The molecule has 0 aromatic carbocycles. The van der Waals surface area contributed by atoms with Crippen LogP contribution in [0.25, 0.3) is 11.0 Å². The zero-order chi connectivity index (χ0) is 10.3. The molecule has 0 saturated heterocycles. The van der Waals surface area contributed by atoms with E-state index in [2.05, 4.69) is 21.2 Å². The van der Waals surface area contributed by atoms with Crippen molar-refractivity contribution in [1.82, 2.24) is 8.57 Å². The van der Waals surface area contributed by atoms with Crippen LogP contribution in [-0.4, -0.2) is 29.8 Å². The van der Waals surface area contributed by atoms with Crippen molar-refractivity contribution in [3.05, 3.63) is 29.0 Å². The molecular weight excluding hydrogens is 285 g/mol. The van der Waals surface area contributed by atoms with Crippen LogP contribution < -0.4 is 5.73 Å². The molecule has 14 heavy (non-hydrogen) atoms. The third-order valence-corrected chi connectivity index (χ3v) is 3.13. The van der Waals surface area contributed by atoms with Gasteiger partial charge in [-0.1, -0.05) is 0 Å². The predicted molar refractivity (Wildman–Crippen MR) is 61.8 cm³/mol. The van der Waals surface area contributed by atoms with Crippen LogP contribution in [0.15, 0.2) is 18.5 Å². The standard InChI is InChI=1S/C8H5ClN3SSe/c9-6-4-1-2-12(14)8(4)11-3-5(6)7(10)13/h1-3H,(H2,10,13). The molecule has 1 radical (unpaired) electrons. The Morgan fingerprint density at radius 1 is 1.64 bits per heavy atom. The van der Waals surface area contributed by atoms with Gasteiger partial charge in [-0.3, -0.25) is 0 Å². The fourth-order valence-corrected chi connectivity index (χ4v) is 2.14. The van der Waals surface area contributed by atoms with Gasteiger partial charge in [0.05, 0.1) is 0 Å². The monoisotopic (exact) mass is 290 g/mol. The van der Waals surface area contributed by atoms with E-state index in [1.165, 1.54) is 0 Å². The first-order valence-corrected chi connectivity index (χ1v) is 5.29. The molecule has 0 spiro atoms. The normalized spacial score (nSPS) is 10.6. The summed E-state index contributed by atoms with van der Waals surface area (Å²) in [5, 5.41) is 1.40. The summed E-state index contributed by atoms with van der Waals surface area (Å²) < 4.78 is 1.77. The molecule has 0 bridgehead atoms. The molecule has 0 fully saturated rings. The fourth-order valence-electron chi connectivity index (χ4n) is 1.20. The summed E-state index contributed by atoms with van der Waals surface area (Å²) in [4.78, 5) is 4.46. The van der Waals surface area contributed by atoms with Crippen LogP contribution in [0.3, 0.4) is 0 Å². The maximum atomic E-state index is 6.12. The number of nitrogens with zero attached hydrogens (tertiary/aromatic N) is 2.